The number of nitrogens with two attached hydrogens (primary N) is 1. The van der Waals surface area contributed by atoms with Crippen molar-refractivity contribution in [3.8, 4) is 0 Å². The van der Waals surface area contributed by atoms with Gasteiger partial charge in [0, 0.05) is 6.20 Å². The van der Waals surface area contributed by atoms with Crippen LogP contribution in [-0.2, 0) is 16.2 Å². The van der Waals surface area contributed by atoms with Crippen molar-refractivity contribution in [2.45, 2.75) is 11.1 Å². The zero-order valence-electron chi connectivity index (χ0n) is 10.4. The van der Waals surface area contributed by atoms with Crippen LogP contribution in [0.25, 0.3) is 0 Å². The minimum atomic E-state index is -4.67. The van der Waals surface area contributed by atoms with Gasteiger partial charge >= 0.3 is 6.18 Å². The van der Waals surface area contributed by atoms with Gasteiger partial charge < -0.3 is 5.73 Å². The molecule has 1 aromatic carbocycles. The Bertz CT molecular complexity index is 743. The summed E-state index contributed by atoms with van der Waals surface area (Å²) in [4.78, 5) is 3.31. The highest BCUT2D eigenvalue weighted by molar-refractivity contribution is 7.92. The Morgan fingerprint density at radius 3 is 2.33 bits per heavy atom. The monoisotopic (exact) mass is 317 g/mol. The van der Waals surface area contributed by atoms with Crippen LogP contribution < -0.4 is 10.5 Å². The van der Waals surface area contributed by atoms with E-state index in [2.05, 4.69) is 4.98 Å². The minimum absolute atomic E-state index is 0.102. The van der Waals surface area contributed by atoms with Gasteiger partial charge in [0.2, 0.25) is 0 Å². The summed E-state index contributed by atoms with van der Waals surface area (Å²) in [5.41, 5.74) is 3.70. The summed E-state index contributed by atoms with van der Waals surface area (Å²) in [6, 6.07) is 6.69. The van der Waals surface area contributed by atoms with Gasteiger partial charge in [-0.15, -0.1) is 0 Å². The van der Waals surface area contributed by atoms with Crippen molar-refractivity contribution in [1.82, 2.24) is 4.98 Å². The molecule has 0 radical (unpaired) electrons. The number of nitrogens with one attached hydrogen (secondary N) is 1. The lowest BCUT2D eigenvalue weighted by molar-refractivity contribution is -0.136. The Balaban J connectivity index is 2.40. The summed E-state index contributed by atoms with van der Waals surface area (Å²) < 4.78 is 64.4. The third kappa shape index (κ3) is 3.43. The first-order chi connectivity index (χ1) is 9.70. The third-order valence-electron chi connectivity index (χ3n) is 2.55. The number of sulfonamides is 1. The maximum atomic E-state index is 12.8. The number of nitrogens with zero attached hydrogens (tertiary/aromatic N) is 1. The van der Waals surface area contributed by atoms with Crippen molar-refractivity contribution in [2.75, 3.05) is 10.5 Å². The molecule has 21 heavy (non-hydrogen) atoms. The molecule has 0 aliphatic rings. The summed E-state index contributed by atoms with van der Waals surface area (Å²) >= 11 is 0. The third-order valence-corrected chi connectivity index (χ3v) is 3.90. The number of hydrogen-bond acceptors (Lipinski definition) is 4. The minimum Gasteiger partial charge on any atom is -0.384 e. The van der Waals surface area contributed by atoms with Gasteiger partial charge in [-0.25, -0.2) is 13.4 Å². The molecule has 9 heteroatoms. The van der Waals surface area contributed by atoms with Crippen molar-refractivity contribution in [3.63, 3.8) is 0 Å². The lowest BCUT2D eigenvalue weighted by Gasteiger charge is -2.14. The highest BCUT2D eigenvalue weighted by Crippen LogP contribution is 2.35. The van der Waals surface area contributed by atoms with Crippen molar-refractivity contribution in [1.29, 1.82) is 0 Å². The van der Waals surface area contributed by atoms with Gasteiger partial charge in [0.15, 0.2) is 0 Å². The number of nitrogen functional groups attached to an aromatic ring is 1. The number of aromatic nitrogens is 1. The summed E-state index contributed by atoms with van der Waals surface area (Å²) in [6.45, 7) is 0. The van der Waals surface area contributed by atoms with E-state index >= 15 is 0 Å². The van der Waals surface area contributed by atoms with E-state index in [1.54, 1.807) is 0 Å². The van der Waals surface area contributed by atoms with E-state index in [1.165, 1.54) is 18.2 Å². The van der Waals surface area contributed by atoms with Crippen LogP contribution in [0.4, 0.5) is 24.7 Å². The van der Waals surface area contributed by atoms with Crippen LogP contribution >= 0.6 is 0 Å². The maximum absolute atomic E-state index is 12.8. The van der Waals surface area contributed by atoms with Crippen LogP contribution in [-0.4, -0.2) is 13.4 Å². The molecule has 0 spiro atoms. The van der Waals surface area contributed by atoms with Crippen LogP contribution in [0.2, 0.25) is 0 Å². The second-order valence-electron chi connectivity index (χ2n) is 4.07. The molecule has 112 valence electrons. The number of halogens is 3. The largest absolute Gasteiger partial charge is 0.418 e. The number of rotatable bonds is 3. The molecule has 1 aromatic heterocycles. The van der Waals surface area contributed by atoms with E-state index in [0.717, 1.165) is 24.4 Å². The molecule has 0 bridgehead atoms. The lowest BCUT2D eigenvalue weighted by atomic mass is 10.2. The van der Waals surface area contributed by atoms with Crippen LogP contribution in [0.15, 0.2) is 47.5 Å². The molecule has 0 amide bonds. The maximum Gasteiger partial charge on any atom is 0.418 e. The van der Waals surface area contributed by atoms with E-state index in [9.17, 15) is 21.6 Å². The van der Waals surface area contributed by atoms with E-state index in [0.29, 0.717) is 0 Å². The first-order valence-electron chi connectivity index (χ1n) is 5.61. The van der Waals surface area contributed by atoms with Gasteiger partial charge in [0.25, 0.3) is 10.0 Å². The number of pyridine rings is 1. The zero-order chi connectivity index (χ0) is 15.7. The van der Waals surface area contributed by atoms with Crippen molar-refractivity contribution in [3.05, 3.63) is 48.2 Å². The summed E-state index contributed by atoms with van der Waals surface area (Å²) in [7, 11) is -4.18. The average molecular weight is 317 g/mol. The molecule has 0 aliphatic heterocycles. The smallest absolute Gasteiger partial charge is 0.384 e. The number of para-hydroxylation sites is 1. The number of alkyl halides is 3. The molecule has 0 unspecified atom stereocenters. The predicted octanol–water partition coefficient (Wildman–Crippen LogP) is 2.48. The molecule has 0 atom stereocenters. The fourth-order valence-corrected chi connectivity index (χ4v) is 2.60. The van der Waals surface area contributed by atoms with Crippen LogP contribution in [0.1, 0.15) is 5.56 Å². The van der Waals surface area contributed by atoms with Crippen molar-refractivity contribution in [2.24, 2.45) is 0 Å². The van der Waals surface area contributed by atoms with Gasteiger partial charge in [-0.3, -0.25) is 4.72 Å². The van der Waals surface area contributed by atoms with Crippen LogP contribution in [0.5, 0.6) is 0 Å². The fraction of sp³-hybridized carbons (Fsp3) is 0.0833. The highest BCUT2D eigenvalue weighted by Gasteiger charge is 2.34. The molecule has 5 nitrogen and oxygen atoms in total. The SMILES string of the molecule is Nc1ccc(S(=O)(=O)Nc2ccccc2C(F)(F)F)cn1. The summed E-state index contributed by atoms with van der Waals surface area (Å²) in [6.07, 6.45) is -3.70. The lowest BCUT2D eigenvalue weighted by Crippen LogP contribution is -2.17. The Kier molecular flexibility index (Phi) is 3.77. The number of anilines is 2. The second-order valence-corrected chi connectivity index (χ2v) is 5.75. The zero-order valence-corrected chi connectivity index (χ0v) is 11.2. The first kappa shape index (κ1) is 15.1. The molecular formula is C12H10F3N3O2S. The standard InChI is InChI=1S/C12H10F3N3O2S/c13-12(14,15)9-3-1-2-4-10(9)18-21(19,20)8-5-6-11(16)17-7-8/h1-7,18H,(H2,16,17). The number of hydrogen-bond donors (Lipinski definition) is 2. The Morgan fingerprint density at radius 1 is 1.10 bits per heavy atom. The van der Waals surface area contributed by atoms with Gasteiger partial charge in [0.1, 0.15) is 10.7 Å². The van der Waals surface area contributed by atoms with Gasteiger partial charge in [-0.1, -0.05) is 12.1 Å². The topological polar surface area (TPSA) is 85.1 Å². The molecule has 0 aliphatic carbocycles. The summed E-state index contributed by atoms with van der Waals surface area (Å²) in [5, 5.41) is 0. The van der Waals surface area contributed by atoms with Crippen molar-refractivity contribution >= 4 is 21.5 Å². The number of benzene rings is 1. The van der Waals surface area contributed by atoms with Gasteiger partial charge in [0.05, 0.1) is 11.3 Å². The molecule has 0 saturated carbocycles. The van der Waals surface area contributed by atoms with E-state index in [4.69, 9.17) is 5.73 Å². The fourth-order valence-electron chi connectivity index (χ4n) is 1.57. The predicted molar refractivity (Wildman–Crippen MR) is 70.9 cm³/mol. The van der Waals surface area contributed by atoms with Crippen molar-refractivity contribution < 1.29 is 21.6 Å². The van der Waals surface area contributed by atoms with Gasteiger partial charge in [-0.05, 0) is 24.3 Å². The average Bonchev–Trinajstić information content (AvgIpc) is 2.38. The first-order valence-corrected chi connectivity index (χ1v) is 7.09. The normalized spacial score (nSPS) is 12.1. The quantitative estimate of drug-likeness (QED) is 0.911. The van der Waals surface area contributed by atoms with E-state index in [-0.39, 0.29) is 10.7 Å². The molecule has 1 heterocycles. The molecule has 0 saturated heterocycles. The molecule has 3 N–H and O–H groups in total. The molecular weight excluding hydrogens is 307 g/mol. The van der Waals surface area contributed by atoms with Crippen LogP contribution in [0.3, 0.4) is 0 Å². The molecule has 0 fully saturated rings. The van der Waals surface area contributed by atoms with Gasteiger partial charge in [-0.2, -0.15) is 13.2 Å². The molecule has 2 aromatic rings. The van der Waals surface area contributed by atoms with Crippen LogP contribution in [0, 0.1) is 0 Å². The summed E-state index contributed by atoms with van der Waals surface area (Å²) in [5.74, 6) is 0.102. The Labute approximate surface area is 118 Å². The van der Waals surface area contributed by atoms with E-state index in [1.807, 2.05) is 4.72 Å². The Hall–Kier alpha value is -2.29. The Morgan fingerprint density at radius 2 is 1.76 bits per heavy atom. The second kappa shape index (κ2) is 5.24. The van der Waals surface area contributed by atoms with E-state index < -0.39 is 27.5 Å². The molecule has 2 rings (SSSR count). The highest BCUT2D eigenvalue weighted by atomic mass is 32.2.